The minimum absolute atomic E-state index is 0.00591. The van der Waals surface area contributed by atoms with Gasteiger partial charge in [-0.3, -0.25) is 4.98 Å². The highest BCUT2D eigenvalue weighted by molar-refractivity contribution is 5.74. The average molecular weight is 447 g/mol. The molecular weight excluding hydrogens is 420 g/mol. The van der Waals surface area contributed by atoms with E-state index in [0.717, 1.165) is 0 Å². The Morgan fingerprint density at radius 2 is 1.94 bits per heavy atom. The van der Waals surface area contributed by atoms with Crippen molar-refractivity contribution in [2.24, 2.45) is 11.6 Å². The van der Waals surface area contributed by atoms with Crippen LogP contribution in [0.15, 0.2) is 48.7 Å². The molecule has 2 aromatic heterocycles. The zero-order chi connectivity index (χ0) is 24.2. The summed E-state index contributed by atoms with van der Waals surface area (Å²) in [6.07, 6.45) is 1.51. The minimum atomic E-state index is -1.07. The molecule has 10 heteroatoms. The third-order valence-corrected chi connectivity index (χ3v) is 4.74. The molecule has 3 rings (SSSR count). The predicted octanol–water partition coefficient (Wildman–Crippen LogP) is 1.86. The first-order valence-corrected chi connectivity index (χ1v) is 10.0. The predicted molar refractivity (Wildman–Crippen MR) is 125 cm³/mol. The summed E-state index contributed by atoms with van der Waals surface area (Å²) in [5.41, 5.74) is 14.3. The third-order valence-electron chi connectivity index (χ3n) is 4.74. The number of nitrogen functional groups attached to an aromatic ring is 1. The Hall–Kier alpha value is -4.20. The Morgan fingerprint density at radius 1 is 1.21 bits per heavy atom. The normalized spacial score (nSPS) is 11.7. The Balaban J connectivity index is 1.90. The number of methoxy groups -OCH3 is 1. The summed E-state index contributed by atoms with van der Waals surface area (Å²) < 4.78 is 5.40. The molecule has 0 unspecified atom stereocenters. The van der Waals surface area contributed by atoms with Crippen LogP contribution in [0.5, 0.6) is 5.75 Å². The molecule has 10 nitrogen and oxygen atoms in total. The van der Waals surface area contributed by atoms with Crippen LogP contribution in [-0.2, 0) is 12.1 Å². The highest BCUT2D eigenvalue weighted by Crippen LogP contribution is 2.32. The zero-order valence-corrected chi connectivity index (χ0v) is 18.6. The Morgan fingerprint density at radius 3 is 2.61 bits per heavy atom. The Bertz CT molecular complexity index is 1230. The van der Waals surface area contributed by atoms with E-state index in [9.17, 15) is 10.4 Å². The van der Waals surface area contributed by atoms with Crippen molar-refractivity contribution in [3.8, 4) is 23.1 Å². The summed E-state index contributed by atoms with van der Waals surface area (Å²) in [5.74, 6) is 6.50. The number of ether oxygens (including phenoxy) is 1. The van der Waals surface area contributed by atoms with E-state index in [4.69, 9.17) is 22.0 Å². The molecule has 3 aromatic rings. The molecule has 0 aliphatic rings. The molecule has 2 heterocycles. The molecule has 0 fully saturated rings. The lowest BCUT2D eigenvalue weighted by molar-refractivity contribution is 0.0735. The van der Waals surface area contributed by atoms with Gasteiger partial charge in [0.15, 0.2) is 0 Å². The number of aromatic nitrogens is 3. The second-order valence-corrected chi connectivity index (χ2v) is 7.82. The van der Waals surface area contributed by atoms with Crippen molar-refractivity contribution in [2.75, 3.05) is 12.8 Å². The van der Waals surface area contributed by atoms with Gasteiger partial charge in [-0.05, 0) is 44.2 Å². The lowest BCUT2D eigenvalue weighted by atomic mass is 10.0. The van der Waals surface area contributed by atoms with E-state index in [2.05, 4.69) is 21.0 Å². The van der Waals surface area contributed by atoms with Crippen LogP contribution >= 0.6 is 0 Å². The number of benzene rings is 1. The van der Waals surface area contributed by atoms with Crippen molar-refractivity contribution in [3.63, 3.8) is 0 Å². The second kappa shape index (κ2) is 9.52. The summed E-state index contributed by atoms with van der Waals surface area (Å²) in [4.78, 5) is 12.9. The monoisotopic (exact) mass is 446 g/mol. The standard InChI is InChI=1S/C23H26N8O2/c1-23(2,32)20-9-5-7-15(28-20)12-31(27)13-17(25)19-10-18(29-22(26)30-19)16-8-4-6-14(11-24)21(16)33-3/h4-10,13,32H,12,25,27H2,1-3H3,(H2,26,29,30)/b17-13-. The largest absolute Gasteiger partial charge is 0.495 e. The number of anilines is 1. The first-order valence-electron chi connectivity index (χ1n) is 10.0. The molecule has 1 aromatic carbocycles. The number of hydrazine groups is 1. The van der Waals surface area contributed by atoms with Gasteiger partial charge >= 0.3 is 0 Å². The van der Waals surface area contributed by atoms with Gasteiger partial charge in [0, 0.05) is 11.8 Å². The number of aliphatic hydroxyl groups is 1. The molecule has 7 N–H and O–H groups in total. The fraction of sp³-hybridized carbons (Fsp3) is 0.217. The second-order valence-electron chi connectivity index (χ2n) is 7.82. The van der Waals surface area contributed by atoms with Crippen molar-refractivity contribution in [2.45, 2.75) is 26.0 Å². The average Bonchev–Trinajstić information content (AvgIpc) is 2.77. The molecule has 0 radical (unpaired) electrons. The van der Waals surface area contributed by atoms with Gasteiger partial charge in [-0.25, -0.2) is 15.8 Å². The quantitative estimate of drug-likeness (QED) is 0.310. The van der Waals surface area contributed by atoms with E-state index in [1.54, 1.807) is 56.3 Å². The first kappa shape index (κ1) is 23.5. The van der Waals surface area contributed by atoms with Crippen LogP contribution in [0.3, 0.4) is 0 Å². The molecule has 33 heavy (non-hydrogen) atoms. The maximum Gasteiger partial charge on any atom is 0.221 e. The van der Waals surface area contributed by atoms with Crippen molar-refractivity contribution in [3.05, 3.63) is 71.3 Å². The molecule has 0 bridgehead atoms. The molecule has 0 aliphatic heterocycles. The number of hydrogen-bond donors (Lipinski definition) is 4. The Labute approximate surface area is 191 Å². The highest BCUT2D eigenvalue weighted by atomic mass is 16.5. The fourth-order valence-corrected chi connectivity index (χ4v) is 3.18. The molecule has 0 saturated heterocycles. The van der Waals surface area contributed by atoms with Gasteiger partial charge in [0.05, 0.1) is 47.7 Å². The molecule has 0 saturated carbocycles. The smallest absolute Gasteiger partial charge is 0.221 e. The molecule has 0 amide bonds. The number of rotatable bonds is 7. The van der Waals surface area contributed by atoms with Crippen molar-refractivity contribution >= 4 is 11.6 Å². The topological polar surface area (TPSA) is 173 Å². The van der Waals surface area contributed by atoms with Crippen LogP contribution in [0.1, 0.15) is 36.5 Å². The van der Waals surface area contributed by atoms with Gasteiger partial charge < -0.3 is 26.3 Å². The molecule has 0 spiro atoms. The molecule has 170 valence electrons. The van der Waals surface area contributed by atoms with Gasteiger partial charge in [0.25, 0.3) is 0 Å². The number of nitrogens with zero attached hydrogens (tertiary/aromatic N) is 5. The van der Waals surface area contributed by atoms with Crippen LogP contribution < -0.4 is 22.0 Å². The number of nitriles is 1. The van der Waals surface area contributed by atoms with Gasteiger partial charge in [-0.1, -0.05) is 12.1 Å². The number of nitrogens with two attached hydrogens (primary N) is 3. The number of hydrogen-bond acceptors (Lipinski definition) is 10. The zero-order valence-electron chi connectivity index (χ0n) is 18.6. The summed E-state index contributed by atoms with van der Waals surface area (Å²) in [5, 5.41) is 20.9. The van der Waals surface area contributed by atoms with Crippen LogP contribution in [0.2, 0.25) is 0 Å². The van der Waals surface area contributed by atoms with E-state index in [1.807, 2.05) is 0 Å². The lowest BCUT2D eigenvalue weighted by Gasteiger charge is -2.19. The van der Waals surface area contributed by atoms with E-state index >= 15 is 0 Å². The summed E-state index contributed by atoms with van der Waals surface area (Å²) in [6, 6.07) is 14.2. The SMILES string of the molecule is COc1c(C#N)cccc1-c1cc(/C(N)=C/N(N)Cc2cccc(C(C)(C)O)n2)nc(N)n1. The highest BCUT2D eigenvalue weighted by Gasteiger charge is 2.18. The van der Waals surface area contributed by atoms with Crippen molar-refractivity contribution in [1.82, 2.24) is 20.0 Å². The van der Waals surface area contributed by atoms with Crippen LogP contribution in [0.4, 0.5) is 5.95 Å². The van der Waals surface area contributed by atoms with E-state index in [1.165, 1.54) is 18.3 Å². The van der Waals surface area contributed by atoms with Crippen LogP contribution in [-0.4, -0.2) is 32.2 Å². The Kier molecular flexibility index (Phi) is 6.77. The van der Waals surface area contributed by atoms with Gasteiger partial charge in [-0.2, -0.15) is 5.26 Å². The first-order chi connectivity index (χ1) is 15.6. The van der Waals surface area contributed by atoms with Gasteiger partial charge in [0.1, 0.15) is 17.4 Å². The maximum absolute atomic E-state index is 10.2. The van der Waals surface area contributed by atoms with E-state index in [0.29, 0.717) is 39.7 Å². The maximum atomic E-state index is 10.2. The van der Waals surface area contributed by atoms with E-state index < -0.39 is 5.60 Å². The van der Waals surface area contributed by atoms with Gasteiger partial charge in [0.2, 0.25) is 5.95 Å². The van der Waals surface area contributed by atoms with Crippen LogP contribution in [0.25, 0.3) is 17.0 Å². The molecular formula is C23H26N8O2. The van der Waals surface area contributed by atoms with Crippen molar-refractivity contribution < 1.29 is 9.84 Å². The fourth-order valence-electron chi connectivity index (χ4n) is 3.18. The number of pyridine rings is 1. The molecule has 0 atom stereocenters. The van der Waals surface area contributed by atoms with E-state index in [-0.39, 0.29) is 18.2 Å². The molecule has 0 aliphatic carbocycles. The van der Waals surface area contributed by atoms with Crippen LogP contribution in [0, 0.1) is 11.3 Å². The summed E-state index contributed by atoms with van der Waals surface area (Å²) in [7, 11) is 1.48. The number of para-hydroxylation sites is 1. The van der Waals surface area contributed by atoms with Crippen molar-refractivity contribution in [1.29, 1.82) is 5.26 Å². The minimum Gasteiger partial charge on any atom is -0.495 e. The van der Waals surface area contributed by atoms with Gasteiger partial charge in [-0.15, -0.1) is 0 Å². The lowest BCUT2D eigenvalue weighted by Crippen LogP contribution is -2.27. The third kappa shape index (κ3) is 5.54. The summed E-state index contributed by atoms with van der Waals surface area (Å²) in [6.45, 7) is 3.57. The summed E-state index contributed by atoms with van der Waals surface area (Å²) >= 11 is 0.